The van der Waals surface area contributed by atoms with E-state index in [0.29, 0.717) is 0 Å². The molecule has 0 aromatic carbocycles. The second kappa shape index (κ2) is 6.08. The summed E-state index contributed by atoms with van der Waals surface area (Å²) in [5.41, 5.74) is 0. The van der Waals surface area contributed by atoms with Gasteiger partial charge in [0.2, 0.25) is 5.91 Å². The molecule has 1 unspecified atom stereocenters. The van der Waals surface area contributed by atoms with Crippen LogP contribution in [0.2, 0.25) is 0 Å². The minimum absolute atomic E-state index is 0.0112. The molecule has 0 aliphatic carbocycles. The minimum Gasteiger partial charge on any atom is -0.394 e. The molecule has 4 nitrogen and oxygen atoms in total. The van der Waals surface area contributed by atoms with Crippen molar-refractivity contribution in [1.82, 2.24) is 10.2 Å². The van der Waals surface area contributed by atoms with Crippen LogP contribution < -0.4 is 5.32 Å². The van der Waals surface area contributed by atoms with E-state index in [4.69, 9.17) is 5.11 Å². The van der Waals surface area contributed by atoms with Crippen LogP contribution in [-0.4, -0.2) is 48.2 Å². The lowest BCUT2D eigenvalue weighted by molar-refractivity contribution is -0.136. The molecule has 1 rings (SSSR count). The van der Waals surface area contributed by atoms with Crippen LogP contribution in [0.5, 0.6) is 0 Å². The number of likely N-dealkylation sites (tertiary alicyclic amines) is 1. The van der Waals surface area contributed by atoms with Gasteiger partial charge in [-0.15, -0.1) is 0 Å². The molecule has 4 heteroatoms. The molecule has 0 aromatic heterocycles. The van der Waals surface area contributed by atoms with E-state index in [0.717, 1.165) is 32.5 Å². The maximum Gasteiger partial charge on any atom is 0.227 e. The highest BCUT2D eigenvalue weighted by molar-refractivity contribution is 5.79. The summed E-state index contributed by atoms with van der Waals surface area (Å²) >= 11 is 0. The van der Waals surface area contributed by atoms with E-state index < -0.39 is 0 Å². The fourth-order valence-electron chi connectivity index (χ4n) is 2.05. The zero-order chi connectivity index (χ0) is 11.3. The van der Waals surface area contributed by atoms with Gasteiger partial charge >= 0.3 is 0 Å². The topological polar surface area (TPSA) is 52.6 Å². The van der Waals surface area contributed by atoms with Crippen molar-refractivity contribution in [2.24, 2.45) is 5.92 Å². The van der Waals surface area contributed by atoms with Crippen molar-refractivity contribution in [1.29, 1.82) is 0 Å². The van der Waals surface area contributed by atoms with Crippen LogP contribution in [0, 0.1) is 5.92 Å². The average Bonchev–Trinajstić information content (AvgIpc) is 2.72. The van der Waals surface area contributed by atoms with Gasteiger partial charge in [-0.2, -0.15) is 0 Å². The van der Waals surface area contributed by atoms with Gasteiger partial charge in [0.05, 0.1) is 12.6 Å². The van der Waals surface area contributed by atoms with E-state index in [-0.39, 0.29) is 24.5 Å². The number of amides is 1. The standard InChI is InChI=1S/C11H22N2O2/c1-3-12-7-9(2)11(15)13-6-4-5-10(13)8-14/h9-10,12,14H,3-8H2,1-2H3/t9?,10-/m0/s1. The van der Waals surface area contributed by atoms with E-state index in [2.05, 4.69) is 5.32 Å². The normalized spacial score (nSPS) is 23.1. The molecule has 0 spiro atoms. The van der Waals surface area contributed by atoms with Gasteiger partial charge in [0, 0.05) is 19.0 Å². The van der Waals surface area contributed by atoms with Crippen molar-refractivity contribution in [2.75, 3.05) is 26.2 Å². The Hall–Kier alpha value is -0.610. The lowest BCUT2D eigenvalue weighted by atomic mass is 10.1. The SMILES string of the molecule is CCNCC(C)C(=O)N1CCC[C@H]1CO. The van der Waals surface area contributed by atoms with E-state index >= 15 is 0 Å². The summed E-state index contributed by atoms with van der Waals surface area (Å²) < 4.78 is 0. The summed E-state index contributed by atoms with van der Waals surface area (Å²) in [6.45, 7) is 6.49. The Kier molecular flexibility index (Phi) is 5.05. The summed E-state index contributed by atoms with van der Waals surface area (Å²) in [6, 6.07) is 0.0570. The van der Waals surface area contributed by atoms with Crippen LogP contribution in [0.25, 0.3) is 0 Å². The first-order chi connectivity index (χ1) is 7.20. The van der Waals surface area contributed by atoms with Gasteiger partial charge < -0.3 is 15.3 Å². The summed E-state index contributed by atoms with van der Waals surface area (Å²) in [4.78, 5) is 13.8. The highest BCUT2D eigenvalue weighted by Crippen LogP contribution is 2.18. The monoisotopic (exact) mass is 214 g/mol. The second-order valence-electron chi connectivity index (χ2n) is 4.22. The Morgan fingerprint density at radius 3 is 3.00 bits per heavy atom. The molecule has 0 bridgehead atoms. The third-order valence-corrected chi connectivity index (χ3v) is 2.99. The fourth-order valence-corrected chi connectivity index (χ4v) is 2.05. The highest BCUT2D eigenvalue weighted by Gasteiger charge is 2.30. The fraction of sp³-hybridized carbons (Fsp3) is 0.909. The van der Waals surface area contributed by atoms with Crippen LogP contribution in [0.1, 0.15) is 26.7 Å². The highest BCUT2D eigenvalue weighted by atomic mass is 16.3. The summed E-state index contributed by atoms with van der Waals surface area (Å²) in [5.74, 6) is 0.185. The predicted molar refractivity (Wildman–Crippen MR) is 59.5 cm³/mol. The maximum absolute atomic E-state index is 12.0. The molecule has 88 valence electrons. The van der Waals surface area contributed by atoms with Gasteiger partial charge in [0.25, 0.3) is 0 Å². The van der Waals surface area contributed by atoms with Crippen LogP contribution in [-0.2, 0) is 4.79 Å². The number of rotatable bonds is 5. The van der Waals surface area contributed by atoms with Gasteiger partial charge in [-0.1, -0.05) is 13.8 Å². The van der Waals surface area contributed by atoms with Crippen molar-refractivity contribution in [3.8, 4) is 0 Å². The number of hydrogen-bond donors (Lipinski definition) is 2. The zero-order valence-corrected chi connectivity index (χ0v) is 9.70. The van der Waals surface area contributed by atoms with Crippen molar-refractivity contribution >= 4 is 5.91 Å². The van der Waals surface area contributed by atoms with Crippen LogP contribution >= 0.6 is 0 Å². The molecule has 0 radical (unpaired) electrons. The molecule has 0 aromatic rings. The quantitative estimate of drug-likeness (QED) is 0.688. The molecule has 1 aliphatic heterocycles. The number of aliphatic hydroxyl groups is 1. The Balaban J connectivity index is 2.44. The van der Waals surface area contributed by atoms with Crippen molar-refractivity contribution in [2.45, 2.75) is 32.7 Å². The number of hydrogen-bond acceptors (Lipinski definition) is 3. The number of nitrogens with one attached hydrogen (secondary N) is 1. The van der Waals surface area contributed by atoms with E-state index in [9.17, 15) is 4.79 Å². The summed E-state index contributed by atoms with van der Waals surface area (Å²) in [6.07, 6.45) is 1.96. The Morgan fingerprint density at radius 2 is 2.40 bits per heavy atom. The number of nitrogens with zero attached hydrogens (tertiary/aromatic N) is 1. The molecule has 1 saturated heterocycles. The molecule has 15 heavy (non-hydrogen) atoms. The van der Waals surface area contributed by atoms with E-state index in [1.165, 1.54) is 0 Å². The average molecular weight is 214 g/mol. The maximum atomic E-state index is 12.0. The smallest absolute Gasteiger partial charge is 0.227 e. The van der Waals surface area contributed by atoms with Crippen LogP contribution in [0.3, 0.4) is 0 Å². The molecule has 1 heterocycles. The zero-order valence-electron chi connectivity index (χ0n) is 9.70. The third kappa shape index (κ3) is 3.18. The van der Waals surface area contributed by atoms with E-state index in [1.807, 2.05) is 18.7 Å². The number of aliphatic hydroxyl groups excluding tert-OH is 1. The first-order valence-corrected chi connectivity index (χ1v) is 5.82. The molecule has 2 N–H and O–H groups in total. The Morgan fingerprint density at radius 1 is 1.67 bits per heavy atom. The molecular formula is C11H22N2O2. The second-order valence-corrected chi connectivity index (χ2v) is 4.22. The summed E-state index contributed by atoms with van der Waals surface area (Å²) in [7, 11) is 0. The molecule has 1 aliphatic rings. The van der Waals surface area contributed by atoms with Gasteiger partial charge in [-0.3, -0.25) is 4.79 Å². The van der Waals surface area contributed by atoms with Gasteiger partial charge in [0.15, 0.2) is 0 Å². The van der Waals surface area contributed by atoms with Crippen molar-refractivity contribution in [3.63, 3.8) is 0 Å². The molecule has 2 atom stereocenters. The Labute approximate surface area is 91.6 Å². The molecule has 0 saturated carbocycles. The first kappa shape index (κ1) is 12.5. The van der Waals surface area contributed by atoms with Crippen LogP contribution in [0.15, 0.2) is 0 Å². The van der Waals surface area contributed by atoms with Gasteiger partial charge in [-0.05, 0) is 19.4 Å². The lowest BCUT2D eigenvalue weighted by Crippen LogP contribution is -2.43. The van der Waals surface area contributed by atoms with Crippen LogP contribution in [0.4, 0.5) is 0 Å². The first-order valence-electron chi connectivity index (χ1n) is 5.82. The Bertz CT molecular complexity index is 209. The van der Waals surface area contributed by atoms with Gasteiger partial charge in [0.1, 0.15) is 0 Å². The predicted octanol–water partition coefficient (Wildman–Crippen LogP) is 0.215. The number of carbonyl (C=O) groups is 1. The number of carbonyl (C=O) groups excluding carboxylic acids is 1. The van der Waals surface area contributed by atoms with E-state index in [1.54, 1.807) is 0 Å². The molecule has 1 amide bonds. The van der Waals surface area contributed by atoms with Crippen molar-refractivity contribution < 1.29 is 9.90 Å². The third-order valence-electron chi connectivity index (χ3n) is 2.99. The minimum atomic E-state index is 0.0112. The lowest BCUT2D eigenvalue weighted by Gasteiger charge is -2.26. The molecular weight excluding hydrogens is 192 g/mol. The van der Waals surface area contributed by atoms with Gasteiger partial charge in [-0.25, -0.2) is 0 Å². The summed E-state index contributed by atoms with van der Waals surface area (Å²) in [5, 5.41) is 12.3. The molecule has 1 fully saturated rings. The largest absolute Gasteiger partial charge is 0.394 e. The van der Waals surface area contributed by atoms with Crippen molar-refractivity contribution in [3.05, 3.63) is 0 Å².